The van der Waals surface area contributed by atoms with Crippen LogP contribution in [0.4, 0.5) is 4.39 Å². The van der Waals surface area contributed by atoms with Crippen LogP contribution in [0.1, 0.15) is 5.56 Å². The van der Waals surface area contributed by atoms with Crippen molar-refractivity contribution in [1.29, 1.82) is 0 Å². The average molecular weight is 326 g/mol. The van der Waals surface area contributed by atoms with Gasteiger partial charge in [0, 0.05) is 8.95 Å². The van der Waals surface area contributed by atoms with E-state index in [-0.39, 0.29) is 18.2 Å². The van der Waals surface area contributed by atoms with Gasteiger partial charge in [-0.15, -0.1) is 0 Å². The molecule has 5 heteroatoms. The van der Waals surface area contributed by atoms with E-state index >= 15 is 0 Å². The van der Waals surface area contributed by atoms with Crippen molar-refractivity contribution in [2.24, 2.45) is 0 Å². The van der Waals surface area contributed by atoms with E-state index in [9.17, 15) is 9.18 Å². The molecular weight excluding hydrogens is 319 g/mol. The number of methoxy groups -OCH3 is 1. The first-order valence-corrected chi connectivity index (χ1v) is 5.33. The predicted octanol–water partition coefficient (Wildman–Crippen LogP) is 3.07. The Hall–Kier alpha value is -0.420. The van der Waals surface area contributed by atoms with E-state index in [1.807, 2.05) is 0 Å². The summed E-state index contributed by atoms with van der Waals surface area (Å²) in [6, 6.07) is 2.62. The number of esters is 1. The van der Waals surface area contributed by atoms with Gasteiger partial charge < -0.3 is 4.74 Å². The maximum absolute atomic E-state index is 12.9. The third-order valence-corrected chi connectivity index (χ3v) is 3.07. The lowest BCUT2D eigenvalue weighted by Crippen LogP contribution is -2.05. The third kappa shape index (κ3) is 2.78. The zero-order valence-corrected chi connectivity index (χ0v) is 10.5. The lowest BCUT2D eigenvalue weighted by Gasteiger charge is -2.06. The smallest absolute Gasteiger partial charge is 0.310 e. The lowest BCUT2D eigenvalue weighted by molar-refractivity contribution is -0.139. The van der Waals surface area contributed by atoms with E-state index in [2.05, 4.69) is 36.6 Å². The second kappa shape index (κ2) is 4.89. The Morgan fingerprint density at radius 1 is 1.43 bits per heavy atom. The zero-order valence-electron chi connectivity index (χ0n) is 7.31. The normalized spacial score (nSPS) is 10.0. The fourth-order valence-corrected chi connectivity index (χ4v) is 2.37. The Morgan fingerprint density at radius 2 is 1.93 bits per heavy atom. The number of carbonyl (C=O) groups excluding carboxylic acids is 1. The first-order chi connectivity index (χ1) is 6.54. The highest BCUT2D eigenvalue weighted by atomic mass is 79.9. The summed E-state index contributed by atoms with van der Waals surface area (Å²) in [5.74, 6) is -0.727. The van der Waals surface area contributed by atoms with Gasteiger partial charge in [0.2, 0.25) is 0 Å². The van der Waals surface area contributed by atoms with Crippen LogP contribution in [-0.4, -0.2) is 13.1 Å². The minimum atomic E-state index is -0.364. The van der Waals surface area contributed by atoms with Gasteiger partial charge in [0.15, 0.2) is 0 Å². The van der Waals surface area contributed by atoms with E-state index in [4.69, 9.17) is 0 Å². The van der Waals surface area contributed by atoms with Crippen LogP contribution < -0.4 is 0 Å². The van der Waals surface area contributed by atoms with Gasteiger partial charge in [-0.25, -0.2) is 4.39 Å². The summed E-state index contributed by atoms with van der Waals surface area (Å²) in [6.45, 7) is 0. The molecule has 0 saturated heterocycles. The standard InChI is InChI=1S/C9H7Br2FO2/c1-14-9(13)4-6-7(10)2-5(12)3-8(6)11/h2-3H,4H2,1H3. The van der Waals surface area contributed by atoms with Crippen molar-refractivity contribution < 1.29 is 13.9 Å². The molecule has 0 saturated carbocycles. The maximum Gasteiger partial charge on any atom is 0.310 e. The predicted molar refractivity (Wildman–Crippen MR) is 57.5 cm³/mol. The number of ether oxygens (including phenoxy) is 1. The van der Waals surface area contributed by atoms with Crippen molar-refractivity contribution in [2.45, 2.75) is 6.42 Å². The minimum absolute atomic E-state index is 0.109. The molecule has 0 heterocycles. The molecule has 0 aliphatic heterocycles. The fourth-order valence-electron chi connectivity index (χ4n) is 0.957. The number of halogens is 3. The zero-order chi connectivity index (χ0) is 10.7. The summed E-state index contributed by atoms with van der Waals surface area (Å²) in [5, 5.41) is 0. The summed E-state index contributed by atoms with van der Waals surface area (Å²) in [6.07, 6.45) is 0.109. The summed E-state index contributed by atoms with van der Waals surface area (Å²) in [7, 11) is 1.31. The summed E-state index contributed by atoms with van der Waals surface area (Å²) in [4.78, 5) is 11.0. The highest BCUT2D eigenvalue weighted by molar-refractivity contribution is 9.11. The Bertz CT molecular complexity index is 343. The third-order valence-electron chi connectivity index (χ3n) is 1.65. The summed E-state index contributed by atoms with van der Waals surface area (Å²) < 4.78 is 18.5. The van der Waals surface area contributed by atoms with Gasteiger partial charge in [-0.05, 0) is 17.7 Å². The van der Waals surface area contributed by atoms with Crippen molar-refractivity contribution >= 4 is 37.8 Å². The largest absolute Gasteiger partial charge is 0.469 e. The molecule has 0 aliphatic rings. The van der Waals surface area contributed by atoms with Crippen LogP contribution in [0, 0.1) is 5.82 Å². The molecule has 0 fully saturated rings. The first-order valence-electron chi connectivity index (χ1n) is 3.75. The van der Waals surface area contributed by atoms with Gasteiger partial charge in [-0.1, -0.05) is 31.9 Å². The maximum atomic E-state index is 12.9. The second-order valence-electron chi connectivity index (χ2n) is 2.60. The van der Waals surface area contributed by atoms with Crippen molar-refractivity contribution in [3.05, 3.63) is 32.5 Å². The molecule has 0 radical (unpaired) electrons. The van der Waals surface area contributed by atoms with Gasteiger partial charge in [0.25, 0.3) is 0 Å². The molecule has 1 rings (SSSR count). The molecule has 0 aliphatic carbocycles. The molecule has 1 aromatic carbocycles. The number of carbonyl (C=O) groups is 1. The van der Waals surface area contributed by atoms with E-state index in [0.717, 1.165) is 0 Å². The van der Waals surface area contributed by atoms with E-state index < -0.39 is 0 Å². The number of benzene rings is 1. The van der Waals surface area contributed by atoms with Crippen LogP contribution in [0.25, 0.3) is 0 Å². The Labute approximate surface area is 97.7 Å². The Morgan fingerprint density at radius 3 is 2.36 bits per heavy atom. The van der Waals surface area contributed by atoms with Gasteiger partial charge >= 0.3 is 5.97 Å². The number of hydrogen-bond acceptors (Lipinski definition) is 2. The lowest BCUT2D eigenvalue weighted by atomic mass is 10.1. The van der Waals surface area contributed by atoms with Crippen LogP contribution in [0.15, 0.2) is 21.1 Å². The van der Waals surface area contributed by atoms with Crippen molar-refractivity contribution in [3.63, 3.8) is 0 Å². The molecule has 0 spiro atoms. The van der Waals surface area contributed by atoms with Crippen LogP contribution >= 0.6 is 31.9 Å². The van der Waals surface area contributed by atoms with E-state index in [1.54, 1.807) is 0 Å². The molecule has 14 heavy (non-hydrogen) atoms. The Balaban J connectivity index is 3.02. The average Bonchev–Trinajstić information content (AvgIpc) is 2.10. The molecular formula is C9H7Br2FO2. The molecule has 2 nitrogen and oxygen atoms in total. The molecule has 0 aromatic heterocycles. The molecule has 76 valence electrons. The summed E-state index contributed by atoms with van der Waals surface area (Å²) in [5.41, 5.74) is 0.679. The molecule has 0 unspecified atom stereocenters. The van der Waals surface area contributed by atoms with E-state index in [0.29, 0.717) is 14.5 Å². The summed E-state index contributed by atoms with van der Waals surface area (Å²) >= 11 is 6.36. The second-order valence-corrected chi connectivity index (χ2v) is 4.31. The number of hydrogen-bond donors (Lipinski definition) is 0. The van der Waals surface area contributed by atoms with Crippen LogP contribution in [0.5, 0.6) is 0 Å². The highest BCUT2D eigenvalue weighted by Crippen LogP contribution is 2.27. The van der Waals surface area contributed by atoms with Crippen LogP contribution in [0.3, 0.4) is 0 Å². The monoisotopic (exact) mass is 324 g/mol. The van der Waals surface area contributed by atoms with Gasteiger partial charge in [0.05, 0.1) is 13.5 Å². The Kier molecular flexibility index (Phi) is 4.07. The van der Waals surface area contributed by atoms with Crippen LogP contribution in [-0.2, 0) is 16.0 Å². The SMILES string of the molecule is COC(=O)Cc1c(Br)cc(F)cc1Br. The highest BCUT2D eigenvalue weighted by Gasteiger charge is 2.11. The molecule has 1 aromatic rings. The first kappa shape index (κ1) is 11.7. The van der Waals surface area contributed by atoms with Gasteiger partial charge in [-0.2, -0.15) is 0 Å². The van der Waals surface area contributed by atoms with Gasteiger partial charge in [-0.3, -0.25) is 4.79 Å². The molecule has 0 bridgehead atoms. The van der Waals surface area contributed by atoms with Crippen LogP contribution in [0.2, 0.25) is 0 Å². The molecule has 0 amide bonds. The molecule has 0 atom stereocenters. The number of rotatable bonds is 2. The minimum Gasteiger partial charge on any atom is -0.469 e. The topological polar surface area (TPSA) is 26.3 Å². The van der Waals surface area contributed by atoms with Crippen molar-refractivity contribution in [2.75, 3.05) is 7.11 Å². The van der Waals surface area contributed by atoms with Crippen molar-refractivity contribution in [1.82, 2.24) is 0 Å². The van der Waals surface area contributed by atoms with E-state index in [1.165, 1.54) is 19.2 Å². The quantitative estimate of drug-likeness (QED) is 0.781. The fraction of sp³-hybridized carbons (Fsp3) is 0.222. The van der Waals surface area contributed by atoms with Gasteiger partial charge in [0.1, 0.15) is 5.82 Å². The molecule has 0 N–H and O–H groups in total. The van der Waals surface area contributed by atoms with Crippen molar-refractivity contribution in [3.8, 4) is 0 Å².